The zero-order valence-electron chi connectivity index (χ0n) is 14.4. The largest absolute Gasteiger partial charge is 0.486 e. The van der Waals surface area contributed by atoms with E-state index in [2.05, 4.69) is 4.98 Å². The maximum Gasteiger partial charge on any atom is 0.260 e. The second-order valence-corrected chi connectivity index (χ2v) is 9.41. The Balaban J connectivity index is 1.86. The van der Waals surface area contributed by atoms with Crippen LogP contribution in [-0.4, -0.2) is 54.2 Å². The van der Waals surface area contributed by atoms with Crippen molar-refractivity contribution in [1.82, 2.24) is 9.29 Å². The number of nitriles is 1. The normalized spacial score (nSPS) is 22.8. The number of aliphatic hydroxyl groups is 1. The van der Waals surface area contributed by atoms with Crippen LogP contribution in [0.2, 0.25) is 0 Å². The smallest absolute Gasteiger partial charge is 0.260 e. The average Bonchev–Trinajstić information content (AvgIpc) is 3.00. The number of pyridine rings is 1. The fraction of sp³-hybridized carbons (Fsp3) is 0.294. The molecule has 0 amide bonds. The molecule has 2 atom stereocenters. The molecule has 2 heterocycles. The zero-order valence-corrected chi connectivity index (χ0v) is 17.4. The minimum Gasteiger partial charge on any atom is -0.486 e. The Hall–Kier alpha value is -1.85. The first-order valence-electron chi connectivity index (χ1n) is 8.10. The summed E-state index contributed by atoms with van der Waals surface area (Å²) in [5.74, 6) is -0.720. The lowest BCUT2D eigenvalue weighted by Gasteiger charge is -2.27. The molecule has 0 unspecified atom stereocenters. The summed E-state index contributed by atoms with van der Waals surface area (Å²) in [7, 11) is -3.97. The predicted molar refractivity (Wildman–Crippen MR) is 105 cm³/mol. The van der Waals surface area contributed by atoms with Crippen molar-refractivity contribution >= 4 is 32.6 Å². The van der Waals surface area contributed by atoms with Gasteiger partial charge in [0, 0.05) is 28.9 Å². The van der Waals surface area contributed by atoms with Crippen molar-refractivity contribution in [2.75, 3.05) is 19.6 Å². The molecule has 1 aromatic heterocycles. The predicted octanol–water partition coefficient (Wildman–Crippen LogP) is 0.839. The van der Waals surface area contributed by atoms with Gasteiger partial charge in [-0.1, -0.05) is 0 Å². The van der Waals surface area contributed by atoms with Gasteiger partial charge >= 0.3 is 0 Å². The molecule has 28 heavy (non-hydrogen) atoms. The molecular formula is C17H16FIN4O4S. The SMILES string of the molecule is N#Cc1ccc(O[C@H]2CN(S(=O)(=O)c3ccc(I)cn3)C[C@@]2(O)CN)cc1F. The molecule has 1 fully saturated rings. The molecule has 0 spiro atoms. The van der Waals surface area contributed by atoms with Crippen LogP contribution in [0.25, 0.3) is 0 Å². The highest BCUT2D eigenvalue weighted by Crippen LogP contribution is 2.30. The number of benzene rings is 1. The Bertz CT molecular complexity index is 1030. The molecule has 1 aliphatic rings. The van der Waals surface area contributed by atoms with Crippen LogP contribution >= 0.6 is 22.6 Å². The lowest BCUT2D eigenvalue weighted by atomic mass is 10.0. The van der Waals surface area contributed by atoms with Gasteiger partial charge in [-0.3, -0.25) is 0 Å². The van der Waals surface area contributed by atoms with Gasteiger partial charge in [0.1, 0.15) is 29.3 Å². The Morgan fingerprint density at radius 2 is 2.21 bits per heavy atom. The van der Waals surface area contributed by atoms with Gasteiger partial charge in [0.25, 0.3) is 10.0 Å². The number of sulfonamides is 1. The molecular weight excluding hydrogens is 502 g/mol. The Labute approximate surface area is 174 Å². The fourth-order valence-electron chi connectivity index (χ4n) is 2.82. The van der Waals surface area contributed by atoms with Gasteiger partial charge in [-0.05, 0) is 46.9 Å². The second-order valence-electron chi connectivity index (χ2n) is 6.28. The highest BCUT2D eigenvalue weighted by molar-refractivity contribution is 14.1. The monoisotopic (exact) mass is 518 g/mol. The summed E-state index contributed by atoms with van der Waals surface area (Å²) >= 11 is 2.01. The molecule has 0 aliphatic carbocycles. The molecule has 3 rings (SSSR count). The first-order chi connectivity index (χ1) is 13.2. The van der Waals surface area contributed by atoms with E-state index >= 15 is 0 Å². The summed E-state index contributed by atoms with van der Waals surface area (Å²) in [5, 5.41) is 19.4. The first kappa shape index (κ1) is 20.9. The van der Waals surface area contributed by atoms with Crippen LogP contribution in [0.15, 0.2) is 41.6 Å². The molecule has 0 radical (unpaired) electrons. The fourth-order valence-corrected chi connectivity index (χ4v) is 4.56. The highest BCUT2D eigenvalue weighted by atomic mass is 127. The average molecular weight is 518 g/mol. The van der Waals surface area contributed by atoms with E-state index in [4.69, 9.17) is 15.7 Å². The number of nitrogens with two attached hydrogens (primary N) is 1. The topological polar surface area (TPSA) is 130 Å². The van der Waals surface area contributed by atoms with Crippen molar-refractivity contribution in [1.29, 1.82) is 5.26 Å². The molecule has 148 valence electrons. The number of rotatable bonds is 5. The minimum absolute atomic E-state index is 0.0556. The van der Waals surface area contributed by atoms with Crippen LogP contribution < -0.4 is 10.5 Å². The lowest BCUT2D eigenvalue weighted by molar-refractivity contribution is -0.0201. The third kappa shape index (κ3) is 3.96. The second kappa shape index (κ2) is 7.88. The summed E-state index contributed by atoms with van der Waals surface area (Å²) in [6.45, 7) is -0.739. The van der Waals surface area contributed by atoms with E-state index in [0.29, 0.717) is 0 Å². The van der Waals surface area contributed by atoms with Crippen LogP contribution in [0.5, 0.6) is 5.75 Å². The van der Waals surface area contributed by atoms with Gasteiger partial charge in [-0.2, -0.15) is 9.57 Å². The van der Waals surface area contributed by atoms with E-state index in [-0.39, 0.29) is 36.0 Å². The van der Waals surface area contributed by atoms with Crippen molar-refractivity contribution in [3.8, 4) is 11.8 Å². The Morgan fingerprint density at radius 3 is 2.79 bits per heavy atom. The molecule has 0 bridgehead atoms. The molecule has 1 saturated heterocycles. The third-order valence-electron chi connectivity index (χ3n) is 4.42. The summed E-state index contributed by atoms with van der Waals surface area (Å²) in [6, 6.07) is 8.31. The van der Waals surface area contributed by atoms with Gasteiger partial charge in [0.15, 0.2) is 5.03 Å². The summed E-state index contributed by atoms with van der Waals surface area (Å²) in [5.41, 5.74) is 3.85. The van der Waals surface area contributed by atoms with Gasteiger partial charge < -0.3 is 15.6 Å². The standard InChI is InChI=1S/C17H16FIN4O4S/c18-14-5-13(3-1-11(14)6-20)27-15-8-23(10-17(15,24)9-21)28(25,26)16-4-2-12(19)7-22-16/h1-5,7,15,24H,8-10,21H2/t15-,17-/m0/s1. The van der Waals surface area contributed by atoms with Gasteiger partial charge in [-0.25, -0.2) is 17.8 Å². The van der Waals surface area contributed by atoms with Crippen LogP contribution in [0.4, 0.5) is 4.39 Å². The van der Waals surface area contributed by atoms with Crippen LogP contribution in [0.1, 0.15) is 5.56 Å². The van der Waals surface area contributed by atoms with Gasteiger partial charge in [-0.15, -0.1) is 0 Å². The number of aromatic nitrogens is 1. The summed E-state index contributed by atoms with van der Waals surface area (Å²) < 4.78 is 47.0. The highest BCUT2D eigenvalue weighted by Gasteiger charge is 2.50. The number of ether oxygens (including phenoxy) is 1. The van der Waals surface area contributed by atoms with E-state index in [1.165, 1.54) is 24.4 Å². The maximum absolute atomic E-state index is 13.8. The quantitative estimate of drug-likeness (QED) is 0.562. The number of β-amino-alcohol motifs (C(OH)–C–C–N with tert-alkyl or cyclic N) is 1. The van der Waals surface area contributed by atoms with Crippen molar-refractivity contribution < 1.29 is 22.7 Å². The van der Waals surface area contributed by atoms with Crippen molar-refractivity contribution in [3.63, 3.8) is 0 Å². The number of halogens is 2. The van der Waals surface area contributed by atoms with Crippen LogP contribution in [0.3, 0.4) is 0 Å². The molecule has 8 nitrogen and oxygen atoms in total. The van der Waals surface area contributed by atoms with Crippen molar-refractivity contribution in [2.24, 2.45) is 5.73 Å². The van der Waals surface area contributed by atoms with E-state index in [9.17, 15) is 17.9 Å². The maximum atomic E-state index is 13.8. The van der Waals surface area contributed by atoms with Crippen LogP contribution in [0, 0.1) is 20.7 Å². The lowest BCUT2D eigenvalue weighted by Crippen LogP contribution is -2.50. The zero-order chi connectivity index (χ0) is 20.5. The number of hydrogen-bond acceptors (Lipinski definition) is 7. The van der Waals surface area contributed by atoms with E-state index in [0.717, 1.165) is 13.9 Å². The van der Waals surface area contributed by atoms with Crippen LogP contribution in [-0.2, 0) is 10.0 Å². The molecule has 2 aromatic rings. The molecule has 1 aromatic carbocycles. The molecule has 3 N–H and O–H groups in total. The molecule has 11 heteroatoms. The first-order valence-corrected chi connectivity index (χ1v) is 10.6. The third-order valence-corrected chi connectivity index (χ3v) is 6.78. The van der Waals surface area contributed by atoms with Crippen molar-refractivity contribution in [2.45, 2.75) is 16.7 Å². The van der Waals surface area contributed by atoms with E-state index < -0.39 is 27.5 Å². The Kier molecular flexibility index (Phi) is 5.87. The summed E-state index contributed by atoms with van der Waals surface area (Å²) in [6.07, 6.45) is 0.398. The molecule has 0 saturated carbocycles. The van der Waals surface area contributed by atoms with Crippen molar-refractivity contribution in [3.05, 3.63) is 51.5 Å². The minimum atomic E-state index is -3.97. The van der Waals surface area contributed by atoms with E-state index in [1.54, 1.807) is 12.1 Å². The number of nitrogens with zero attached hydrogens (tertiary/aromatic N) is 3. The molecule has 1 aliphatic heterocycles. The van der Waals surface area contributed by atoms with Gasteiger partial charge in [0.05, 0.1) is 12.1 Å². The van der Waals surface area contributed by atoms with Gasteiger partial charge in [0.2, 0.25) is 0 Å². The van der Waals surface area contributed by atoms with E-state index in [1.807, 2.05) is 22.6 Å². The number of hydrogen-bond donors (Lipinski definition) is 2. The summed E-state index contributed by atoms with van der Waals surface area (Å²) in [4.78, 5) is 3.94. The Morgan fingerprint density at radius 1 is 1.46 bits per heavy atom.